The molecule has 0 spiro atoms. The van der Waals surface area contributed by atoms with E-state index in [0.29, 0.717) is 17.4 Å². The van der Waals surface area contributed by atoms with Gasteiger partial charge in [-0.25, -0.2) is 0 Å². The molecule has 0 rings (SSSR count). The summed E-state index contributed by atoms with van der Waals surface area (Å²) in [5.41, 5.74) is 0. The molecule has 2 atom stereocenters. The Hall–Kier alpha value is -1.97. The maximum absolute atomic E-state index is 12.9. The fourth-order valence-corrected chi connectivity index (χ4v) is 9.59. The van der Waals surface area contributed by atoms with Crippen LogP contribution in [0, 0.1) is 0 Å². The third-order valence-electron chi connectivity index (χ3n) is 14.5. The zero-order chi connectivity index (χ0) is 53.4. The summed E-state index contributed by atoms with van der Waals surface area (Å²) in [6.07, 6.45) is 62.7. The number of hydrogen-bond donors (Lipinski definition) is 0. The molecule has 0 aliphatic rings. The van der Waals surface area contributed by atoms with E-state index in [-0.39, 0.29) is 32.2 Å². The van der Waals surface area contributed by atoms with E-state index in [2.05, 4.69) is 26.0 Å². The number of likely N-dealkylation sites (N-methyl/N-ethyl adjacent to an activating group) is 1. The first kappa shape index (κ1) is 71.0. The summed E-state index contributed by atoms with van der Waals surface area (Å²) >= 11 is 0. The van der Waals surface area contributed by atoms with Gasteiger partial charge in [0.15, 0.2) is 12.4 Å². The van der Waals surface area contributed by atoms with Crippen LogP contribution in [0.1, 0.15) is 322 Å². The Morgan fingerprint density at radius 1 is 0.397 bits per heavy atom. The van der Waals surface area contributed by atoms with Crippen LogP contribution in [0.15, 0.2) is 12.2 Å². The lowest BCUT2D eigenvalue weighted by molar-refractivity contribution is -0.870. The third kappa shape index (κ3) is 57.6. The lowest BCUT2D eigenvalue weighted by Gasteiger charge is -2.26. The Bertz CT molecular complexity index is 1200. The number of aliphatic carboxylic acids is 1. The van der Waals surface area contributed by atoms with Crippen molar-refractivity contribution in [2.75, 3.05) is 47.5 Å². The van der Waals surface area contributed by atoms with Crippen molar-refractivity contribution in [1.29, 1.82) is 0 Å². The maximum Gasteiger partial charge on any atom is 0.306 e. The van der Waals surface area contributed by atoms with Crippen LogP contribution < -0.4 is 5.11 Å². The second kappa shape index (κ2) is 56.2. The molecular weight excluding hydrogens is 911 g/mol. The van der Waals surface area contributed by atoms with Crippen molar-refractivity contribution in [1.82, 2.24) is 0 Å². The molecule has 0 N–H and O–H groups in total. The van der Waals surface area contributed by atoms with Crippen molar-refractivity contribution in [3.63, 3.8) is 0 Å². The van der Waals surface area contributed by atoms with Gasteiger partial charge in [-0.3, -0.25) is 9.59 Å². The van der Waals surface area contributed by atoms with Crippen LogP contribution in [0.2, 0.25) is 0 Å². The highest BCUT2D eigenvalue weighted by Crippen LogP contribution is 2.18. The number of quaternary nitrogens is 1. The molecule has 0 saturated carbocycles. The van der Waals surface area contributed by atoms with Crippen LogP contribution >= 0.6 is 0 Å². The highest BCUT2D eigenvalue weighted by Gasteiger charge is 2.22. The number of allylic oxidation sites excluding steroid dienone is 2. The first-order valence-electron chi connectivity index (χ1n) is 31.8. The van der Waals surface area contributed by atoms with Gasteiger partial charge >= 0.3 is 11.9 Å². The number of ether oxygens (including phenoxy) is 4. The zero-order valence-corrected chi connectivity index (χ0v) is 49.3. The second-order valence-corrected chi connectivity index (χ2v) is 23.1. The fraction of sp³-hybridized carbons (Fsp3) is 0.922. The molecule has 0 aromatic carbocycles. The van der Waals surface area contributed by atoms with Gasteiger partial charge in [0, 0.05) is 12.8 Å². The molecule has 9 heteroatoms. The van der Waals surface area contributed by atoms with Crippen LogP contribution in [0.5, 0.6) is 0 Å². The second-order valence-electron chi connectivity index (χ2n) is 23.1. The van der Waals surface area contributed by atoms with Crippen LogP contribution in [0.3, 0.4) is 0 Å². The van der Waals surface area contributed by atoms with Gasteiger partial charge in [-0.2, -0.15) is 0 Å². The number of carbonyl (C=O) groups is 3. The Labute approximate surface area is 453 Å². The van der Waals surface area contributed by atoms with E-state index in [1.165, 1.54) is 257 Å². The number of hydrogen-bond acceptors (Lipinski definition) is 8. The van der Waals surface area contributed by atoms with Gasteiger partial charge in [-0.15, -0.1) is 0 Å². The van der Waals surface area contributed by atoms with Crippen molar-refractivity contribution < 1.29 is 42.9 Å². The van der Waals surface area contributed by atoms with Gasteiger partial charge in [0.25, 0.3) is 0 Å². The molecule has 0 saturated heterocycles. The highest BCUT2D eigenvalue weighted by molar-refractivity contribution is 5.70. The summed E-state index contributed by atoms with van der Waals surface area (Å²) in [5.74, 6) is -2.25. The molecule has 0 bridgehead atoms. The summed E-state index contributed by atoms with van der Waals surface area (Å²) in [7, 11) is 5.94. The fourth-order valence-electron chi connectivity index (χ4n) is 9.59. The zero-order valence-electron chi connectivity index (χ0n) is 49.3. The minimum atomic E-state index is -1.62. The summed E-state index contributed by atoms with van der Waals surface area (Å²) in [5, 5.41) is 11.8. The number of nitrogens with zero attached hydrogens (tertiary/aromatic N) is 1. The van der Waals surface area contributed by atoms with E-state index in [4.69, 9.17) is 18.9 Å². The minimum Gasteiger partial charge on any atom is -0.545 e. The molecule has 0 heterocycles. The Morgan fingerprint density at radius 2 is 0.699 bits per heavy atom. The standard InChI is InChI=1S/C64H123NO8/c1-6-8-10-12-14-16-18-20-22-24-26-28-29-30-31-32-33-35-37-39-41-43-45-47-49-51-53-55-62(67)73-60(59-72-64(63(68)69)70-57-56-65(3,4)5)58-71-61(66)54-52-50-48-46-44-42-40-38-36-34-27-25-23-21-19-17-15-13-11-9-7-2/h24,26,60,64H,6-23,25,27-59H2,1-5H3/b26-24-. The van der Waals surface area contributed by atoms with Gasteiger partial charge < -0.3 is 33.3 Å². The minimum absolute atomic E-state index is 0.152. The molecule has 73 heavy (non-hydrogen) atoms. The number of unbranched alkanes of at least 4 members (excludes halogenated alkanes) is 43. The third-order valence-corrected chi connectivity index (χ3v) is 14.5. The SMILES string of the molecule is CCCCCCCCCC/C=C\CCCCCCCCCCCCCCCCCC(=O)OC(COC(=O)CCCCCCCCCCCCCCCCCCCCCCC)COC(OCC[N+](C)(C)C)C(=O)[O-]. The highest BCUT2D eigenvalue weighted by atomic mass is 16.7. The lowest BCUT2D eigenvalue weighted by Crippen LogP contribution is -2.44. The van der Waals surface area contributed by atoms with Crippen LogP contribution in [0.25, 0.3) is 0 Å². The average Bonchev–Trinajstić information content (AvgIpc) is 3.36. The molecule has 0 fully saturated rings. The van der Waals surface area contributed by atoms with Crippen molar-refractivity contribution in [3.8, 4) is 0 Å². The van der Waals surface area contributed by atoms with Crippen molar-refractivity contribution in [3.05, 3.63) is 12.2 Å². The summed E-state index contributed by atoms with van der Waals surface area (Å²) in [6.45, 7) is 4.82. The Kier molecular flexibility index (Phi) is 54.7. The van der Waals surface area contributed by atoms with Crippen molar-refractivity contribution >= 4 is 17.9 Å². The monoisotopic (exact) mass is 1030 g/mol. The van der Waals surface area contributed by atoms with Gasteiger partial charge in [-0.1, -0.05) is 283 Å². The quantitative estimate of drug-likeness (QED) is 0.0195. The Morgan fingerprint density at radius 3 is 1.01 bits per heavy atom. The molecule has 0 amide bonds. The van der Waals surface area contributed by atoms with Gasteiger partial charge in [-0.05, 0) is 38.5 Å². The summed E-state index contributed by atoms with van der Waals surface area (Å²) in [4.78, 5) is 37.4. The number of carbonyl (C=O) groups excluding carboxylic acids is 3. The summed E-state index contributed by atoms with van der Waals surface area (Å²) in [6, 6.07) is 0. The van der Waals surface area contributed by atoms with Crippen LogP contribution in [0.4, 0.5) is 0 Å². The topological polar surface area (TPSA) is 111 Å². The largest absolute Gasteiger partial charge is 0.545 e. The first-order chi connectivity index (χ1) is 35.6. The summed E-state index contributed by atoms with van der Waals surface area (Å²) < 4.78 is 22.8. The molecule has 9 nitrogen and oxygen atoms in total. The van der Waals surface area contributed by atoms with E-state index in [9.17, 15) is 19.5 Å². The molecule has 2 unspecified atom stereocenters. The normalized spacial score (nSPS) is 12.7. The van der Waals surface area contributed by atoms with Gasteiger partial charge in [0.2, 0.25) is 0 Å². The van der Waals surface area contributed by atoms with E-state index >= 15 is 0 Å². The number of esters is 2. The molecular formula is C64H123NO8. The van der Waals surface area contributed by atoms with Crippen LogP contribution in [-0.4, -0.2) is 82.3 Å². The van der Waals surface area contributed by atoms with Gasteiger partial charge in [0.1, 0.15) is 13.2 Å². The predicted molar refractivity (Wildman–Crippen MR) is 307 cm³/mol. The van der Waals surface area contributed by atoms with E-state index < -0.39 is 24.3 Å². The van der Waals surface area contributed by atoms with Gasteiger partial charge in [0.05, 0.1) is 40.3 Å². The smallest absolute Gasteiger partial charge is 0.306 e. The Balaban J connectivity index is 4.13. The maximum atomic E-state index is 12.9. The van der Waals surface area contributed by atoms with E-state index in [1.807, 2.05) is 21.1 Å². The number of carboxylic acid groups (broad SMARTS) is 1. The molecule has 0 aromatic rings. The number of rotatable bonds is 60. The van der Waals surface area contributed by atoms with E-state index in [1.54, 1.807) is 0 Å². The van der Waals surface area contributed by atoms with Crippen molar-refractivity contribution in [2.45, 2.75) is 334 Å². The van der Waals surface area contributed by atoms with Crippen LogP contribution in [-0.2, 0) is 33.3 Å². The number of carboxylic acids is 1. The lowest BCUT2D eigenvalue weighted by atomic mass is 10.0. The molecule has 0 aliphatic heterocycles. The molecule has 432 valence electrons. The molecule has 0 radical (unpaired) electrons. The molecule has 0 aromatic heterocycles. The average molecular weight is 1030 g/mol. The molecule has 0 aliphatic carbocycles. The van der Waals surface area contributed by atoms with E-state index in [0.717, 1.165) is 38.5 Å². The first-order valence-corrected chi connectivity index (χ1v) is 31.8. The predicted octanol–water partition coefficient (Wildman–Crippen LogP) is 17.6. The van der Waals surface area contributed by atoms with Crippen molar-refractivity contribution in [2.24, 2.45) is 0 Å².